The van der Waals surface area contributed by atoms with Gasteiger partial charge in [0, 0.05) is 12.1 Å². The average molecular weight is 339 g/mol. The molecule has 0 bridgehead atoms. The van der Waals surface area contributed by atoms with Gasteiger partial charge < -0.3 is 11.1 Å². The lowest BCUT2D eigenvalue weighted by Crippen LogP contribution is -2.22. The van der Waals surface area contributed by atoms with Crippen LogP contribution in [-0.2, 0) is 6.54 Å². The van der Waals surface area contributed by atoms with E-state index < -0.39 is 0 Å². The number of thiophene rings is 1. The van der Waals surface area contributed by atoms with Crippen molar-refractivity contribution in [3.8, 4) is 11.8 Å². The molecule has 1 aromatic heterocycles. The molecule has 1 aromatic carbocycles. The molecule has 0 atom stereocenters. The number of carbonyl (C=O) groups excluding carboxylic acids is 1. The summed E-state index contributed by atoms with van der Waals surface area (Å²) < 4.78 is 0.887. The molecule has 0 fully saturated rings. The van der Waals surface area contributed by atoms with Crippen molar-refractivity contribution in [2.75, 3.05) is 6.54 Å². The molecule has 2 rings (SSSR count). The van der Waals surface area contributed by atoms with E-state index in [-0.39, 0.29) is 5.91 Å². The molecule has 3 N–H and O–H groups in total. The van der Waals surface area contributed by atoms with Crippen molar-refractivity contribution in [3.05, 3.63) is 55.7 Å². The predicted octanol–water partition coefficient (Wildman–Crippen LogP) is 3.30. The molecule has 0 radical (unpaired) electrons. The zero-order chi connectivity index (χ0) is 15.2. The summed E-state index contributed by atoms with van der Waals surface area (Å²) >= 11 is 12.9. The molecule has 0 saturated heterocycles. The number of hydrogen-bond acceptors (Lipinski definition) is 3. The summed E-state index contributed by atoms with van der Waals surface area (Å²) in [6, 6.07) is 9.15. The maximum absolute atomic E-state index is 12.0. The lowest BCUT2D eigenvalue weighted by Gasteiger charge is -2.04. The highest BCUT2D eigenvalue weighted by molar-refractivity contribution is 7.20. The van der Waals surface area contributed by atoms with Gasteiger partial charge in [-0.05, 0) is 23.8 Å². The molecule has 1 heterocycles. The van der Waals surface area contributed by atoms with Crippen LogP contribution in [0.25, 0.3) is 0 Å². The Morgan fingerprint density at radius 2 is 2.00 bits per heavy atom. The van der Waals surface area contributed by atoms with Gasteiger partial charge in [-0.15, -0.1) is 11.3 Å². The van der Waals surface area contributed by atoms with Crippen LogP contribution in [-0.4, -0.2) is 12.5 Å². The predicted molar refractivity (Wildman–Crippen MR) is 87.9 cm³/mol. The van der Waals surface area contributed by atoms with Crippen LogP contribution in [0.4, 0.5) is 0 Å². The molecule has 21 heavy (non-hydrogen) atoms. The van der Waals surface area contributed by atoms with E-state index in [0.717, 1.165) is 11.1 Å². The summed E-state index contributed by atoms with van der Waals surface area (Å²) in [6.45, 7) is 0.745. The number of hydrogen-bond donors (Lipinski definition) is 2. The fourth-order valence-electron chi connectivity index (χ4n) is 1.63. The Balaban J connectivity index is 1.96. The molecule has 0 unspecified atom stereocenters. The van der Waals surface area contributed by atoms with Crippen LogP contribution in [0.2, 0.25) is 8.67 Å². The molecule has 0 aliphatic rings. The van der Waals surface area contributed by atoms with Gasteiger partial charge in [-0.2, -0.15) is 0 Å². The molecule has 0 aliphatic carbocycles. The third-order valence-corrected chi connectivity index (χ3v) is 4.13. The maximum atomic E-state index is 12.0. The molecule has 1 amide bonds. The highest BCUT2D eigenvalue weighted by atomic mass is 35.5. The molecule has 2 aromatic rings. The molecule has 0 saturated carbocycles. The number of halogens is 2. The van der Waals surface area contributed by atoms with Crippen molar-refractivity contribution in [1.29, 1.82) is 0 Å². The number of carbonyl (C=O) groups is 1. The van der Waals surface area contributed by atoms with E-state index in [9.17, 15) is 4.79 Å². The zero-order valence-corrected chi connectivity index (χ0v) is 13.3. The van der Waals surface area contributed by atoms with Crippen molar-refractivity contribution in [3.63, 3.8) is 0 Å². The number of nitrogens with two attached hydrogens (primary N) is 1. The van der Waals surface area contributed by atoms with Crippen molar-refractivity contribution < 1.29 is 4.79 Å². The summed E-state index contributed by atoms with van der Waals surface area (Å²) in [6.07, 6.45) is 0. The smallest absolute Gasteiger partial charge is 0.253 e. The second-order valence-corrected chi connectivity index (χ2v) is 6.41. The van der Waals surface area contributed by atoms with Gasteiger partial charge in [-0.3, -0.25) is 4.79 Å². The molecular weight excluding hydrogens is 327 g/mol. The van der Waals surface area contributed by atoms with Crippen LogP contribution in [0.15, 0.2) is 30.3 Å². The normalized spacial score (nSPS) is 9.86. The van der Waals surface area contributed by atoms with Crippen molar-refractivity contribution in [2.45, 2.75) is 6.54 Å². The first-order chi connectivity index (χ1) is 10.1. The maximum Gasteiger partial charge on any atom is 0.253 e. The number of amides is 1. The summed E-state index contributed by atoms with van der Waals surface area (Å²) in [5.74, 6) is 5.49. The Bertz CT molecular complexity index is 699. The third kappa shape index (κ3) is 4.48. The van der Waals surface area contributed by atoms with Gasteiger partial charge in [0.2, 0.25) is 0 Å². The molecule has 0 spiro atoms. The van der Waals surface area contributed by atoms with Gasteiger partial charge in [0.05, 0.1) is 16.4 Å². The molecule has 3 nitrogen and oxygen atoms in total. The fourth-order valence-corrected chi connectivity index (χ4v) is 3.09. The van der Waals surface area contributed by atoms with Crippen molar-refractivity contribution >= 4 is 40.4 Å². The summed E-state index contributed by atoms with van der Waals surface area (Å²) in [4.78, 5) is 12.0. The minimum absolute atomic E-state index is 0.241. The van der Waals surface area contributed by atoms with Crippen LogP contribution in [0.5, 0.6) is 0 Å². The summed E-state index contributed by atoms with van der Waals surface area (Å²) in [5, 5.41) is 2.80. The highest BCUT2D eigenvalue weighted by Crippen LogP contribution is 2.30. The van der Waals surface area contributed by atoms with Gasteiger partial charge in [-0.1, -0.05) is 47.2 Å². The van der Waals surface area contributed by atoms with Gasteiger partial charge in [0.15, 0.2) is 0 Å². The Labute approximate surface area is 137 Å². The average Bonchev–Trinajstić information content (AvgIpc) is 2.82. The first-order valence-corrected chi connectivity index (χ1v) is 7.68. The van der Waals surface area contributed by atoms with E-state index in [1.807, 2.05) is 24.3 Å². The first-order valence-electron chi connectivity index (χ1n) is 6.11. The highest BCUT2D eigenvalue weighted by Gasteiger charge is 2.13. The Morgan fingerprint density at radius 3 is 2.57 bits per heavy atom. The zero-order valence-electron chi connectivity index (χ0n) is 11.0. The van der Waals surface area contributed by atoms with Crippen molar-refractivity contribution in [1.82, 2.24) is 5.32 Å². The van der Waals surface area contributed by atoms with Crippen LogP contribution in [0.1, 0.15) is 21.5 Å². The molecule has 6 heteroatoms. The van der Waals surface area contributed by atoms with E-state index in [4.69, 9.17) is 28.9 Å². The Kier molecular flexibility index (Phi) is 5.66. The van der Waals surface area contributed by atoms with E-state index in [2.05, 4.69) is 17.2 Å². The van der Waals surface area contributed by atoms with Gasteiger partial charge in [0.25, 0.3) is 5.91 Å². The number of benzene rings is 1. The van der Waals surface area contributed by atoms with Crippen LogP contribution < -0.4 is 11.1 Å². The number of rotatable bonds is 3. The first kappa shape index (κ1) is 15.9. The SMILES string of the molecule is NCC#Cc1ccc(CNC(=O)c2cc(Cl)sc2Cl)cc1. The third-order valence-electron chi connectivity index (χ3n) is 2.64. The standard InChI is InChI=1S/C15H12Cl2N2OS/c16-13-8-12(14(17)21-13)15(20)19-9-11-5-3-10(4-6-11)2-1-7-18/h3-6,8H,7,9,18H2,(H,19,20). The second-order valence-electron chi connectivity index (χ2n) is 4.12. The Hall–Kier alpha value is -1.51. The van der Waals surface area contributed by atoms with E-state index in [1.54, 1.807) is 6.07 Å². The van der Waals surface area contributed by atoms with E-state index >= 15 is 0 Å². The topological polar surface area (TPSA) is 55.1 Å². The summed E-state index contributed by atoms with van der Waals surface area (Å²) in [5.41, 5.74) is 7.58. The minimum atomic E-state index is -0.241. The van der Waals surface area contributed by atoms with Crippen molar-refractivity contribution in [2.24, 2.45) is 5.73 Å². The lowest BCUT2D eigenvalue weighted by molar-refractivity contribution is 0.0951. The quantitative estimate of drug-likeness (QED) is 0.843. The van der Waals surface area contributed by atoms with Crippen LogP contribution in [0.3, 0.4) is 0 Å². The molecule has 108 valence electrons. The summed E-state index contributed by atoms with van der Waals surface area (Å²) in [7, 11) is 0. The van der Waals surface area contributed by atoms with Gasteiger partial charge >= 0.3 is 0 Å². The van der Waals surface area contributed by atoms with E-state index in [1.165, 1.54) is 11.3 Å². The lowest BCUT2D eigenvalue weighted by atomic mass is 10.1. The van der Waals surface area contributed by atoms with E-state index in [0.29, 0.717) is 27.3 Å². The fraction of sp³-hybridized carbons (Fsp3) is 0.133. The van der Waals surface area contributed by atoms with Gasteiger partial charge in [0.1, 0.15) is 4.34 Å². The van der Waals surface area contributed by atoms with Crippen LogP contribution in [0, 0.1) is 11.8 Å². The largest absolute Gasteiger partial charge is 0.348 e. The van der Waals surface area contributed by atoms with Crippen LogP contribution >= 0.6 is 34.5 Å². The minimum Gasteiger partial charge on any atom is -0.348 e. The van der Waals surface area contributed by atoms with Gasteiger partial charge in [-0.25, -0.2) is 0 Å². The Morgan fingerprint density at radius 1 is 1.29 bits per heavy atom. The monoisotopic (exact) mass is 338 g/mol. The molecule has 0 aliphatic heterocycles. The number of nitrogens with one attached hydrogen (secondary N) is 1. The molecular formula is C15H12Cl2N2OS. The second kappa shape index (κ2) is 7.48.